The van der Waals surface area contributed by atoms with E-state index in [0.717, 1.165) is 26.1 Å². The Hall–Kier alpha value is -2.17. The molecule has 3 nitrogen and oxygen atoms in total. The molecule has 0 bridgehead atoms. The van der Waals surface area contributed by atoms with E-state index in [0.29, 0.717) is 6.54 Å². The molecule has 3 aromatic rings. The summed E-state index contributed by atoms with van der Waals surface area (Å²) in [5.74, 6) is -0.0539. The molecule has 1 heterocycles. The van der Waals surface area contributed by atoms with Crippen molar-refractivity contribution in [2.75, 3.05) is 13.7 Å². The Bertz CT molecular complexity index is 792. The third-order valence-electron chi connectivity index (χ3n) is 3.92. The minimum Gasteiger partial charge on any atom is -0.375 e. The topological polar surface area (TPSA) is 38.3 Å². The van der Waals surface area contributed by atoms with Crippen molar-refractivity contribution in [3.8, 4) is 0 Å². The van der Waals surface area contributed by atoms with E-state index < -0.39 is 0 Å². The number of hydrogen-bond acceptors (Lipinski definition) is 3. The Morgan fingerprint density at radius 2 is 1.91 bits per heavy atom. The number of carbonyl (C=O) groups excluding carboxylic acids is 1. The highest BCUT2D eigenvalue weighted by molar-refractivity contribution is 7.20. The second-order valence-corrected chi connectivity index (χ2v) is 6.52. The molecule has 118 valence electrons. The molecule has 1 N–H and O–H groups in total. The number of carbonyl (C=O) groups is 1. The first-order valence-corrected chi connectivity index (χ1v) is 8.36. The number of benzene rings is 2. The minimum atomic E-state index is -0.144. The van der Waals surface area contributed by atoms with Gasteiger partial charge in [0.25, 0.3) is 5.91 Å². The first-order valence-electron chi connectivity index (χ1n) is 7.54. The van der Waals surface area contributed by atoms with Gasteiger partial charge in [-0.25, -0.2) is 0 Å². The van der Waals surface area contributed by atoms with Gasteiger partial charge in [0.05, 0.1) is 11.0 Å². The Morgan fingerprint density at radius 1 is 1.17 bits per heavy atom. The van der Waals surface area contributed by atoms with E-state index in [1.54, 1.807) is 7.11 Å². The smallest absolute Gasteiger partial charge is 0.261 e. The predicted octanol–water partition coefficient (Wildman–Crippen LogP) is 4.33. The van der Waals surface area contributed by atoms with Crippen molar-refractivity contribution >= 4 is 27.3 Å². The van der Waals surface area contributed by atoms with Crippen molar-refractivity contribution < 1.29 is 9.53 Å². The number of amides is 1. The van der Waals surface area contributed by atoms with Crippen LogP contribution in [0.4, 0.5) is 0 Å². The van der Waals surface area contributed by atoms with Gasteiger partial charge in [-0.1, -0.05) is 42.5 Å². The van der Waals surface area contributed by atoms with Crippen molar-refractivity contribution in [3.63, 3.8) is 0 Å². The molecule has 4 heteroatoms. The average Bonchev–Trinajstić information content (AvgIpc) is 3.01. The molecular weight excluding hydrogens is 306 g/mol. The number of ether oxygens (including phenoxy) is 1. The van der Waals surface area contributed by atoms with Gasteiger partial charge in [0.2, 0.25) is 0 Å². The number of methoxy groups -OCH3 is 1. The van der Waals surface area contributed by atoms with Crippen LogP contribution in [-0.2, 0) is 4.74 Å². The molecule has 2 aromatic carbocycles. The lowest BCUT2D eigenvalue weighted by molar-refractivity contribution is 0.0829. The monoisotopic (exact) mass is 325 g/mol. The summed E-state index contributed by atoms with van der Waals surface area (Å²) in [6.07, 6.45) is -0.144. The third-order valence-corrected chi connectivity index (χ3v) is 5.03. The largest absolute Gasteiger partial charge is 0.375 e. The molecule has 0 radical (unpaired) electrons. The molecule has 0 aliphatic rings. The summed E-state index contributed by atoms with van der Waals surface area (Å²) in [6, 6.07) is 18.0. The fourth-order valence-corrected chi connectivity index (χ4v) is 3.61. The zero-order valence-electron chi connectivity index (χ0n) is 13.2. The SMILES string of the molecule is CO[C@@H](CNC(=O)c1cc2ccccc2s1)c1ccccc1C. The lowest BCUT2D eigenvalue weighted by Crippen LogP contribution is -2.28. The van der Waals surface area contributed by atoms with E-state index in [4.69, 9.17) is 4.74 Å². The summed E-state index contributed by atoms with van der Waals surface area (Å²) in [7, 11) is 1.67. The summed E-state index contributed by atoms with van der Waals surface area (Å²) in [4.78, 5) is 13.1. The second kappa shape index (κ2) is 6.94. The fraction of sp³-hybridized carbons (Fsp3) is 0.211. The molecule has 0 saturated heterocycles. The highest BCUT2D eigenvalue weighted by atomic mass is 32.1. The fourth-order valence-electron chi connectivity index (χ4n) is 2.63. The van der Waals surface area contributed by atoms with Gasteiger partial charge in [-0.3, -0.25) is 4.79 Å². The van der Waals surface area contributed by atoms with Gasteiger partial charge >= 0.3 is 0 Å². The van der Waals surface area contributed by atoms with E-state index in [2.05, 4.69) is 18.3 Å². The first-order chi connectivity index (χ1) is 11.2. The zero-order valence-corrected chi connectivity index (χ0v) is 14.0. The Kier molecular flexibility index (Phi) is 4.74. The number of thiophene rings is 1. The van der Waals surface area contributed by atoms with E-state index in [-0.39, 0.29) is 12.0 Å². The van der Waals surface area contributed by atoms with Gasteiger partial charge in [-0.15, -0.1) is 11.3 Å². The Balaban J connectivity index is 1.71. The summed E-state index contributed by atoms with van der Waals surface area (Å²) in [5, 5.41) is 4.08. The number of aryl methyl sites for hydroxylation is 1. The standard InChI is InChI=1S/C19H19NO2S/c1-13-7-3-5-9-15(13)16(22-2)12-20-19(21)18-11-14-8-4-6-10-17(14)23-18/h3-11,16H,12H2,1-2H3,(H,20,21)/t16-/m0/s1. The molecule has 1 amide bonds. The number of hydrogen-bond donors (Lipinski definition) is 1. The van der Waals surface area contributed by atoms with Gasteiger partial charge in [-0.05, 0) is 35.6 Å². The normalized spacial score (nSPS) is 12.3. The highest BCUT2D eigenvalue weighted by Gasteiger charge is 2.16. The maximum Gasteiger partial charge on any atom is 0.261 e. The quantitative estimate of drug-likeness (QED) is 0.758. The number of fused-ring (bicyclic) bond motifs is 1. The van der Waals surface area contributed by atoms with Crippen LogP contribution in [0.15, 0.2) is 54.6 Å². The van der Waals surface area contributed by atoms with Crippen LogP contribution in [0.3, 0.4) is 0 Å². The van der Waals surface area contributed by atoms with Crippen LogP contribution < -0.4 is 5.32 Å². The predicted molar refractivity (Wildman–Crippen MR) is 95.1 cm³/mol. The maximum absolute atomic E-state index is 12.4. The molecule has 0 unspecified atom stereocenters. The molecule has 0 fully saturated rings. The summed E-state index contributed by atoms with van der Waals surface area (Å²) >= 11 is 1.51. The molecule has 0 saturated carbocycles. The number of nitrogens with one attached hydrogen (secondary N) is 1. The lowest BCUT2D eigenvalue weighted by Gasteiger charge is -2.18. The van der Waals surface area contributed by atoms with Gasteiger partial charge in [0.1, 0.15) is 0 Å². The van der Waals surface area contributed by atoms with E-state index in [1.807, 2.05) is 48.5 Å². The summed E-state index contributed by atoms with van der Waals surface area (Å²) < 4.78 is 6.68. The van der Waals surface area contributed by atoms with Crippen molar-refractivity contribution in [1.29, 1.82) is 0 Å². The lowest BCUT2D eigenvalue weighted by atomic mass is 10.0. The van der Waals surface area contributed by atoms with Crippen LogP contribution in [0.25, 0.3) is 10.1 Å². The average molecular weight is 325 g/mol. The molecule has 0 spiro atoms. The zero-order chi connectivity index (χ0) is 16.2. The second-order valence-electron chi connectivity index (χ2n) is 5.44. The molecule has 0 aliphatic heterocycles. The molecule has 1 aromatic heterocycles. The van der Waals surface area contributed by atoms with Crippen LogP contribution in [0.1, 0.15) is 26.9 Å². The van der Waals surface area contributed by atoms with Crippen LogP contribution in [-0.4, -0.2) is 19.6 Å². The first kappa shape index (κ1) is 15.7. The third kappa shape index (κ3) is 3.44. The van der Waals surface area contributed by atoms with Gasteiger partial charge in [-0.2, -0.15) is 0 Å². The number of rotatable bonds is 5. The maximum atomic E-state index is 12.4. The molecule has 1 atom stereocenters. The van der Waals surface area contributed by atoms with Crippen LogP contribution >= 0.6 is 11.3 Å². The van der Waals surface area contributed by atoms with Crippen molar-refractivity contribution in [2.45, 2.75) is 13.0 Å². The Labute approximate surface area is 139 Å². The van der Waals surface area contributed by atoms with Crippen LogP contribution in [0.5, 0.6) is 0 Å². The van der Waals surface area contributed by atoms with Gasteiger partial charge in [0, 0.05) is 18.4 Å². The van der Waals surface area contributed by atoms with Crippen molar-refractivity contribution in [2.24, 2.45) is 0 Å². The van der Waals surface area contributed by atoms with Gasteiger partial charge in [0.15, 0.2) is 0 Å². The molecular formula is C19H19NO2S. The summed E-state index contributed by atoms with van der Waals surface area (Å²) in [5.41, 5.74) is 2.27. The molecule has 23 heavy (non-hydrogen) atoms. The molecule has 0 aliphatic carbocycles. The highest BCUT2D eigenvalue weighted by Crippen LogP contribution is 2.25. The van der Waals surface area contributed by atoms with E-state index in [9.17, 15) is 4.79 Å². The van der Waals surface area contributed by atoms with E-state index in [1.165, 1.54) is 11.3 Å². The van der Waals surface area contributed by atoms with Gasteiger partial charge < -0.3 is 10.1 Å². The van der Waals surface area contributed by atoms with Crippen LogP contribution in [0, 0.1) is 6.92 Å². The van der Waals surface area contributed by atoms with Crippen molar-refractivity contribution in [1.82, 2.24) is 5.32 Å². The Morgan fingerprint density at radius 3 is 2.65 bits per heavy atom. The summed E-state index contributed by atoms with van der Waals surface area (Å²) in [6.45, 7) is 2.50. The minimum absolute atomic E-state index is 0.0539. The van der Waals surface area contributed by atoms with Crippen LogP contribution in [0.2, 0.25) is 0 Å². The van der Waals surface area contributed by atoms with E-state index >= 15 is 0 Å². The molecule has 3 rings (SSSR count). The van der Waals surface area contributed by atoms with Crippen molar-refractivity contribution in [3.05, 3.63) is 70.6 Å².